The Kier molecular flexibility index (Phi) is 8.95. The van der Waals surface area contributed by atoms with Crippen LogP contribution in [0.5, 0.6) is 0 Å². The first-order valence-electron chi connectivity index (χ1n) is 9.57. The predicted molar refractivity (Wildman–Crippen MR) is 125 cm³/mol. The number of nitrogens with two attached hydrogens (primary N) is 1. The molecular weight excluding hydrogens is 440 g/mol. The van der Waals surface area contributed by atoms with E-state index in [1.165, 1.54) is 10.7 Å². The summed E-state index contributed by atoms with van der Waals surface area (Å²) in [6.07, 6.45) is 3.93. The molecule has 3 N–H and O–H groups in total. The number of rotatable bonds is 7. The maximum atomic E-state index is 13.8. The molecule has 2 aromatic carbocycles. The smallest absolute Gasteiger partial charge is 0.271 e. The Hall–Kier alpha value is -2.51. The Bertz CT molecular complexity index is 1130. The quantitative estimate of drug-likeness (QED) is 0.551. The summed E-state index contributed by atoms with van der Waals surface area (Å²) in [6, 6.07) is 12.0. The maximum Gasteiger partial charge on any atom is 0.271 e. The van der Waals surface area contributed by atoms with Crippen LogP contribution in [0.15, 0.2) is 53.3 Å². The molecular formula is C23H24Cl2FN3O2. The molecule has 8 heteroatoms. The number of benzene rings is 2. The second-order valence-corrected chi connectivity index (χ2v) is 7.33. The van der Waals surface area contributed by atoms with Crippen LogP contribution in [0.2, 0.25) is 5.02 Å². The minimum Gasteiger partial charge on any atom is -0.396 e. The third-order valence-electron chi connectivity index (χ3n) is 4.82. The van der Waals surface area contributed by atoms with Crippen LogP contribution in [0.1, 0.15) is 22.3 Å². The van der Waals surface area contributed by atoms with Crippen molar-refractivity contribution < 1.29 is 9.50 Å². The second-order valence-electron chi connectivity index (χ2n) is 6.89. The minimum atomic E-state index is -0.319. The summed E-state index contributed by atoms with van der Waals surface area (Å²) in [5.74, 6) is -0.319. The third kappa shape index (κ3) is 5.80. The van der Waals surface area contributed by atoms with Crippen LogP contribution in [0, 0.1) is 12.7 Å². The third-order valence-corrected chi connectivity index (χ3v) is 5.07. The number of hydrogen-bond donors (Lipinski definition) is 2. The van der Waals surface area contributed by atoms with Crippen molar-refractivity contribution in [3.63, 3.8) is 0 Å². The number of aryl methyl sites for hydroxylation is 1. The van der Waals surface area contributed by atoms with Gasteiger partial charge in [-0.15, -0.1) is 12.4 Å². The molecule has 3 aromatic rings. The summed E-state index contributed by atoms with van der Waals surface area (Å²) in [6.45, 7) is 1.77. The molecule has 3 rings (SSSR count). The van der Waals surface area contributed by atoms with Gasteiger partial charge in [0.15, 0.2) is 0 Å². The van der Waals surface area contributed by atoms with E-state index in [2.05, 4.69) is 5.10 Å². The maximum absolute atomic E-state index is 13.8. The van der Waals surface area contributed by atoms with Crippen molar-refractivity contribution in [2.24, 2.45) is 5.73 Å². The fourth-order valence-electron chi connectivity index (χ4n) is 3.26. The van der Waals surface area contributed by atoms with E-state index in [0.717, 1.165) is 5.56 Å². The van der Waals surface area contributed by atoms with Gasteiger partial charge in [0.05, 0.1) is 12.2 Å². The van der Waals surface area contributed by atoms with Crippen LogP contribution in [0.3, 0.4) is 0 Å². The highest BCUT2D eigenvalue weighted by Gasteiger charge is 2.17. The highest BCUT2D eigenvalue weighted by atomic mass is 35.5. The average molecular weight is 464 g/mol. The first kappa shape index (κ1) is 24.8. The Balaban J connectivity index is 0.00000341. The van der Waals surface area contributed by atoms with Crippen molar-refractivity contribution in [3.8, 4) is 11.3 Å². The Morgan fingerprint density at radius 1 is 1.19 bits per heavy atom. The van der Waals surface area contributed by atoms with Crippen molar-refractivity contribution in [2.75, 3.05) is 6.61 Å². The zero-order chi connectivity index (χ0) is 21.7. The highest BCUT2D eigenvalue weighted by Crippen LogP contribution is 2.25. The van der Waals surface area contributed by atoms with Gasteiger partial charge in [0.1, 0.15) is 5.82 Å². The van der Waals surface area contributed by atoms with Gasteiger partial charge in [-0.1, -0.05) is 35.9 Å². The molecule has 0 spiro atoms. The lowest BCUT2D eigenvalue weighted by Crippen LogP contribution is -2.30. The van der Waals surface area contributed by atoms with Crippen LogP contribution >= 0.6 is 24.0 Å². The molecule has 0 aliphatic carbocycles. The number of aromatic nitrogens is 2. The van der Waals surface area contributed by atoms with Gasteiger partial charge in [0.2, 0.25) is 0 Å². The van der Waals surface area contributed by atoms with Gasteiger partial charge in [0, 0.05) is 29.3 Å². The topological polar surface area (TPSA) is 81.1 Å². The minimum absolute atomic E-state index is 0. The molecule has 0 amide bonds. The van der Waals surface area contributed by atoms with Crippen molar-refractivity contribution in [3.05, 3.63) is 92.0 Å². The number of nitrogens with zero attached hydrogens (tertiary/aromatic N) is 2. The molecule has 5 nitrogen and oxygen atoms in total. The van der Waals surface area contributed by atoms with E-state index in [1.54, 1.807) is 31.2 Å². The fraction of sp³-hybridized carbons (Fsp3) is 0.217. The predicted octanol–water partition coefficient (Wildman–Crippen LogP) is 4.14. The van der Waals surface area contributed by atoms with Crippen molar-refractivity contribution in [2.45, 2.75) is 26.4 Å². The van der Waals surface area contributed by atoms with E-state index in [0.29, 0.717) is 33.0 Å². The molecule has 1 heterocycles. The van der Waals surface area contributed by atoms with Crippen molar-refractivity contribution >= 4 is 30.1 Å². The first-order chi connectivity index (χ1) is 14.4. The van der Waals surface area contributed by atoms with Gasteiger partial charge >= 0.3 is 0 Å². The lowest BCUT2D eigenvalue weighted by Gasteiger charge is -2.15. The van der Waals surface area contributed by atoms with E-state index in [4.69, 9.17) is 17.3 Å². The number of aliphatic hydroxyl groups is 1. The second kappa shape index (κ2) is 11.2. The summed E-state index contributed by atoms with van der Waals surface area (Å²) in [5.41, 5.74) is 9.16. The zero-order valence-corrected chi connectivity index (χ0v) is 18.6. The fourth-order valence-corrected chi connectivity index (χ4v) is 3.38. The molecule has 31 heavy (non-hydrogen) atoms. The Morgan fingerprint density at radius 2 is 1.90 bits per heavy atom. The molecule has 164 valence electrons. The summed E-state index contributed by atoms with van der Waals surface area (Å²) < 4.78 is 15.1. The van der Waals surface area contributed by atoms with E-state index in [1.807, 2.05) is 24.3 Å². The lowest BCUT2D eigenvalue weighted by atomic mass is 9.98. The Morgan fingerprint density at radius 3 is 2.52 bits per heavy atom. The molecule has 0 bridgehead atoms. The van der Waals surface area contributed by atoms with Crippen LogP contribution in [0.25, 0.3) is 17.3 Å². The zero-order valence-electron chi connectivity index (χ0n) is 17.0. The first-order valence-corrected chi connectivity index (χ1v) is 9.94. The monoisotopic (exact) mass is 463 g/mol. The summed E-state index contributed by atoms with van der Waals surface area (Å²) in [7, 11) is 0. The standard InChI is InChI=1S/C23H23ClFN3O2.ClH/c1-15-13-17(6-9-21(15)25)22-19(10-12-29)20(14-26)23(30)28(27-22)11-2-3-16-4-7-18(24)8-5-16;/h2-9,13,29H,10-12,14,26H2,1H3;1H. The highest BCUT2D eigenvalue weighted by molar-refractivity contribution is 6.30. The van der Waals surface area contributed by atoms with Gasteiger partial charge in [-0.25, -0.2) is 9.07 Å². The van der Waals surface area contributed by atoms with Crippen LogP contribution in [-0.4, -0.2) is 21.5 Å². The normalized spacial score (nSPS) is 11.0. The molecule has 0 aliphatic rings. The number of allylic oxidation sites excluding steroid dienone is 1. The van der Waals surface area contributed by atoms with Gasteiger partial charge < -0.3 is 10.8 Å². The van der Waals surface area contributed by atoms with Gasteiger partial charge in [-0.2, -0.15) is 5.10 Å². The molecule has 0 saturated heterocycles. The van der Waals surface area contributed by atoms with Crippen LogP contribution < -0.4 is 11.3 Å². The molecule has 0 atom stereocenters. The number of halogens is 3. The SMILES string of the molecule is Cc1cc(-c2nn(CC=Cc3ccc(Cl)cc3)c(=O)c(CN)c2CCO)ccc1F.Cl. The summed E-state index contributed by atoms with van der Waals surface area (Å²) in [5, 5.41) is 14.7. The summed E-state index contributed by atoms with van der Waals surface area (Å²) in [4.78, 5) is 12.9. The molecule has 0 aliphatic heterocycles. The summed E-state index contributed by atoms with van der Waals surface area (Å²) >= 11 is 5.90. The number of aliphatic hydroxyl groups excluding tert-OH is 1. The van der Waals surface area contributed by atoms with Gasteiger partial charge in [-0.3, -0.25) is 4.79 Å². The van der Waals surface area contributed by atoms with Gasteiger partial charge in [-0.05, 0) is 60.4 Å². The van der Waals surface area contributed by atoms with E-state index < -0.39 is 0 Å². The van der Waals surface area contributed by atoms with Crippen LogP contribution in [0.4, 0.5) is 4.39 Å². The number of hydrogen-bond acceptors (Lipinski definition) is 4. The lowest BCUT2D eigenvalue weighted by molar-refractivity contribution is 0.299. The molecule has 0 fully saturated rings. The Labute approximate surface area is 191 Å². The molecule has 0 radical (unpaired) electrons. The average Bonchev–Trinajstić information content (AvgIpc) is 2.73. The van der Waals surface area contributed by atoms with Gasteiger partial charge in [0.25, 0.3) is 5.56 Å². The molecule has 1 aromatic heterocycles. The molecule has 0 unspecified atom stereocenters. The van der Waals surface area contributed by atoms with Crippen LogP contribution in [-0.2, 0) is 19.5 Å². The van der Waals surface area contributed by atoms with Crippen molar-refractivity contribution in [1.29, 1.82) is 0 Å². The largest absolute Gasteiger partial charge is 0.396 e. The van der Waals surface area contributed by atoms with E-state index >= 15 is 0 Å². The van der Waals surface area contributed by atoms with E-state index in [-0.39, 0.29) is 49.9 Å². The van der Waals surface area contributed by atoms with E-state index in [9.17, 15) is 14.3 Å². The molecule has 0 saturated carbocycles. The van der Waals surface area contributed by atoms with Crippen molar-refractivity contribution in [1.82, 2.24) is 9.78 Å².